The molecule has 0 saturated heterocycles. The van der Waals surface area contributed by atoms with Gasteiger partial charge >= 0.3 is 12.4 Å². The fourth-order valence-electron chi connectivity index (χ4n) is 5.86. The average Bonchev–Trinajstić information content (AvgIpc) is 3.65. The van der Waals surface area contributed by atoms with Crippen LogP contribution in [0.15, 0.2) is 42.5 Å². The fraction of sp³-hybridized carbons (Fsp3) is 0.484. The van der Waals surface area contributed by atoms with Crippen molar-refractivity contribution in [3.8, 4) is 0 Å². The van der Waals surface area contributed by atoms with Crippen LogP contribution in [-0.2, 0) is 32.5 Å². The van der Waals surface area contributed by atoms with Gasteiger partial charge in [0.1, 0.15) is 5.82 Å². The molecule has 0 radical (unpaired) electrons. The largest absolute Gasteiger partial charge is 0.416 e. The lowest BCUT2D eigenvalue weighted by atomic mass is 10.0. The smallest absolute Gasteiger partial charge is 0.378 e. The molecule has 1 aliphatic rings. The van der Waals surface area contributed by atoms with Gasteiger partial charge in [0, 0.05) is 56.9 Å². The first-order valence-electron chi connectivity index (χ1n) is 14.8. The highest BCUT2D eigenvalue weighted by Crippen LogP contribution is 2.37. The van der Waals surface area contributed by atoms with E-state index in [0.29, 0.717) is 18.3 Å². The first-order valence-corrected chi connectivity index (χ1v) is 14.8. The van der Waals surface area contributed by atoms with Crippen LogP contribution in [0.25, 0.3) is 10.9 Å². The molecule has 2 aromatic heterocycles. The maximum absolute atomic E-state index is 13.7. The minimum Gasteiger partial charge on any atom is -0.378 e. The monoisotopic (exact) mass is 634 g/mol. The van der Waals surface area contributed by atoms with Crippen molar-refractivity contribution in [3.63, 3.8) is 0 Å². The van der Waals surface area contributed by atoms with E-state index in [1.165, 1.54) is 29.6 Å². The molecule has 1 aliphatic carbocycles. The number of rotatable bonds is 10. The lowest BCUT2D eigenvalue weighted by molar-refractivity contribution is -0.143. The number of fused-ring (bicyclic) bond motifs is 1. The Labute approximate surface area is 257 Å². The third kappa shape index (κ3) is 7.59. The van der Waals surface area contributed by atoms with Gasteiger partial charge in [0.25, 0.3) is 5.95 Å². The lowest BCUT2D eigenvalue weighted by Gasteiger charge is -2.30. The van der Waals surface area contributed by atoms with Gasteiger partial charge in [-0.05, 0) is 72.9 Å². The summed E-state index contributed by atoms with van der Waals surface area (Å²) < 4.78 is 82.1. The van der Waals surface area contributed by atoms with Crippen molar-refractivity contribution in [1.29, 1.82) is 0 Å². The van der Waals surface area contributed by atoms with E-state index in [9.17, 15) is 26.3 Å². The van der Waals surface area contributed by atoms with E-state index in [2.05, 4.69) is 20.3 Å². The summed E-state index contributed by atoms with van der Waals surface area (Å²) in [5.41, 5.74) is -0.440. The zero-order valence-electron chi connectivity index (χ0n) is 25.6. The average molecular weight is 635 g/mol. The second-order valence-electron chi connectivity index (χ2n) is 11.8. The van der Waals surface area contributed by atoms with Crippen LogP contribution in [0, 0.1) is 5.92 Å². The molecule has 0 aliphatic heterocycles. The number of anilines is 3. The third-order valence-electron chi connectivity index (χ3n) is 8.17. The topological polar surface area (TPSA) is 66.2 Å². The summed E-state index contributed by atoms with van der Waals surface area (Å²) in [6.45, 7) is 3.25. The number of halogens is 6. The molecule has 0 bridgehead atoms. The van der Waals surface area contributed by atoms with E-state index in [1.807, 2.05) is 50.2 Å². The van der Waals surface area contributed by atoms with Gasteiger partial charge in [-0.3, -0.25) is 0 Å². The number of hydrogen-bond acceptors (Lipinski definition) is 7. The number of benzene rings is 2. The van der Waals surface area contributed by atoms with Gasteiger partial charge < -0.3 is 14.7 Å². The highest BCUT2D eigenvalue weighted by atomic mass is 19.4. The molecule has 0 N–H and O–H groups in total. The van der Waals surface area contributed by atoms with Crippen LogP contribution >= 0.6 is 0 Å². The van der Waals surface area contributed by atoms with E-state index >= 15 is 0 Å². The zero-order valence-corrected chi connectivity index (χ0v) is 25.6. The van der Waals surface area contributed by atoms with Gasteiger partial charge in [0.2, 0.25) is 0 Å². The quantitative estimate of drug-likeness (QED) is 0.173. The maximum atomic E-state index is 13.7. The molecular formula is C31H36F6N8. The summed E-state index contributed by atoms with van der Waals surface area (Å²) in [6.07, 6.45) is -5.33. The Morgan fingerprint density at radius 3 is 2.09 bits per heavy atom. The second-order valence-corrected chi connectivity index (χ2v) is 11.8. The van der Waals surface area contributed by atoms with Gasteiger partial charge in [0.15, 0.2) is 0 Å². The zero-order chi connectivity index (χ0) is 32.5. The van der Waals surface area contributed by atoms with Gasteiger partial charge in [0.05, 0.1) is 23.7 Å². The van der Waals surface area contributed by atoms with E-state index in [-0.39, 0.29) is 30.7 Å². The minimum atomic E-state index is -4.96. The summed E-state index contributed by atoms with van der Waals surface area (Å²) in [7, 11) is 5.42. The minimum absolute atomic E-state index is 0.0660. The van der Waals surface area contributed by atoms with Crippen molar-refractivity contribution >= 4 is 28.4 Å². The Bertz CT molecular complexity index is 1590. The Kier molecular flexibility index (Phi) is 9.13. The van der Waals surface area contributed by atoms with E-state index < -0.39 is 23.5 Å². The predicted molar refractivity (Wildman–Crippen MR) is 161 cm³/mol. The van der Waals surface area contributed by atoms with Crippen molar-refractivity contribution in [3.05, 3.63) is 64.7 Å². The first kappa shape index (κ1) is 32.3. The molecule has 242 valence electrons. The standard InChI is InChI=1S/C31H36F6N8/c1-5-44(17-20-8-6-7-9-20)28-23(14-22-10-11-26(42(2)3)16-27(22)38-28)19-45(29-39-41-43(4)40-29)18-21-12-24(30(32,33)34)15-25(13-21)31(35,36)37/h10-16,20H,5-9,17-19H2,1-4H3. The van der Waals surface area contributed by atoms with E-state index in [4.69, 9.17) is 4.98 Å². The fourth-order valence-corrected chi connectivity index (χ4v) is 5.86. The Morgan fingerprint density at radius 1 is 0.867 bits per heavy atom. The molecule has 5 rings (SSSR count). The number of pyridine rings is 1. The number of tetrazole rings is 1. The number of alkyl halides is 6. The molecule has 1 fully saturated rings. The molecule has 4 aromatic rings. The lowest BCUT2D eigenvalue weighted by Crippen LogP contribution is -2.32. The predicted octanol–water partition coefficient (Wildman–Crippen LogP) is 7.09. The van der Waals surface area contributed by atoms with Crippen molar-refractivity contribution in [1.82, 2.24) is 25.2 Å². The molecule has 0 spiro atoms. The Morgan fingerprint density at radius 2 is 1.53 bits per heavy atom. The van der Waals surface area contributed by atoms with Crippen LogP contribution in [0.2, 0.25) is 0 Å². The number of aryl methyl sites for hydroxylation is 1. The van der Waals surface area contributed by atoms with Crippen LogP contribution in [-0.4, -0.2) is 52.4 Å². The number of nitrogens with zero attached hydrogens (tertiary/aromatic N) is 8. The molecule has 2 aromatic carbocycles. The summed E-state index contributed by atoms with van der Waals surface area (Å²) in [5.74, 6) is 1.28. The number of aromatic nitrogens is 5. The second kappa shape index (κ2) is 12.7. The van der Waals surface area contributed by atoms with Crippen LogP contribution in [0.3, 0.4) is 0 Å². The summed E-state index contributed by atoms with van der Waals surface area (Å²) in [6, 6.07) is 9.49. The van der Waals surface area contributed by atoms with E-state index in [0.717, 1.165) is 53.7 Å². The first-order chi connectivity index (χ1) is 21.2. The van der Waals surface area contributed by atoms with Crippen molar-refractivity contribution < 1.29 is 26.3 Å². The Hall–Kier alpha value is -4.10. The molecule has 14 heteroatoms. The molecule has 2 heterocycles. The molecule has 0 atom stereocenters. The van der Waals surface area contributed by atoms with Gasteiger partial charge in [-0.25, -0.2) is 4.98 Å². The van der Waals surface area contributed by atoms with Crippen LogP contribution in [0.1, 0.15) is 54.9 Å². The molecule has 8 nitrogen and oxygen atoms in total. The van der Waals surface area contributed by atoms with Crippen molar-refractivity contribution in [2.24, 2.45) is 13.0 Å². The van der Waals surface area contributed by atoms with Crippen LogP contribution in [0.4, 0.5) is 43.8 Å². The third-order valence-corrected chi connectivity index (χ3v) is 8.17. The van der Waals surface area contributed by atoms with Crippen LogP contribution in [0.5, 0.6) is 0 Å². The van der Waals surface area contributed by atoms with Crippen molar-refractivity contribution in [2.75, 3.05) is 41.9 Å². The summed E-state index contributed by atoms with van der Waals surface area (Å²) in [4.78, 5) is 12.0. The van der Waals surface area contributed by atoms with Gasteiger partial charge in [-0.2, -0.15) is 31.1 Å². The highest BCUT2D eigenvalue weighted by molar-refractivity contribution is 5.85. The molecule has 45 heavy (non-hydrogen) atoms. The molecular weight excluding hydrogens is 598 g/mol. The maximum Gasteiger partial charge on any atom is 0.416 e. The molecule has 0 amide bonds. The molecule has 0 unspecified atom stereocenters. The summed E-state index contributed by atoms with van der Waals surface area (Å²) >= 11 is 0. The van der Waals surface area contributed by atoms with Crippen LogP contribution < -0.4 is 14.7 Å². The normalized spacial score (nSPS) is 14.4. The highest BCUT2D eigenvalue weighted by Gasteiger charge is 2.37. The van der Waals surface area contributed by atoms with Crippen molar-refractivity contribution in [2.45, 2.75) is 58.0 Å². The van der Waals surface area contributed by atoms with E-state index in [1.54, 1.807) is 0 Å². The van der Waals surface area contributed by atoms with Gasteiger partial charge in [-0.1, -0.05) is 24.0 Å². The van der Waals surface area contributed by atoms with Gasteiger partial charge in [-0.15, -0.1) is 5.10 Å². The molecule has 1 saturated carbocycles. The number of hydrogen-bond donors (Lipinski definition) is 0. The summed E-state index contributed by atoms with van der Waals surface area (Å²) in [5, 5.41) is 13.0. The SMILES string of the molecule is CCN(CC1CCCC1)c1nc2cc(N(C)C)ccc2cc1CN(Cc1cc(C(F)(F)F)cc(C(F)(F)F)c1)c1nnn(C)n1. The Balaban J connectivity index is 1.60.